The fraction of sp³-hybridized carbons (Fsp3) is 0.222. The summed E-state index contributed by atoms with van der Waals surface area (Å²) in [4.78, 5) is 0. The van der Waals surface area contributed by atoms with Gasteiger partial charge < -0.3 is 8.92 Å². The third kappa shape index (κ3) is 3.66. The van der Waals surface area contributed by atoms with Gasteiger partial charge in [-0.3, -0.25) is 0 Å². The average Bonchev–Trinajstić information content (AvgIpc) is 2.06. The van der Waals surface area contributed by atoms with Crippen LogP contribution in [0, 0.1) is 6.92 Å². The summed E-state index contributed by atoms with van der Waals surface area (Å²) in [5.74, 6) is 0.893. The van der Waals surface area contributed by atoms with Crippen molar-refractivity contribution >= 4 is 10.1 Å². The summed E-state index contributed by atoms with van der Waals surface area (Å²) in [6.07, 6.45) is 0.993. The van der Waals surface area contributed by atoms with E-state index in [4.69, 9.17) is 4.74 Å². The van der Waals surface area contributed by atoms with Gasteiger partial charge in [-0.2, -0.15) is 8.42 Å². The zero-order chi connectivity index (χ0) is 10.6. The minimum Gasteiger partial charge on any atom is -0.494 e. The molecular formula is C9H11O4S. The molecule has 1 aromatic carbocycles. The molecule has 1 aromatic rings. The third-order valence-corrected chi connectivity index (χ3v) is 1.84. The Bertz CT molecular complexity index is 380. The van der Waals surface area contributed by atoms with Crippen LogP contribution in [0.5, 0.6) is 11.5 Å². The van der Waals surface area contributed by atoms with E-state index in [2.05, 4.69) is 11.1 Å². The fourth-order valence-electron chi connectivity index (χ4n) is 0.884. The highest BCUT2D eigenvalue weighted by molar-refractivity contribution is 7.86. The van der Waals surface area contributed by atoms with Gasteiger partial charge in [0, 0.05) is 0 Å². The van der Waals surface area contributed by atoms with Gasteiger partial charge in [-0.25, -0.2) is 0 Å². The smallest absolute Gasteiger partial charge is 0.306 e. The highest BCUT2D eigenvalue weighted by atomic mass is 32.2. The second-order valence-electron chi connectivity index (χ2n) is 2.61. The first-order chi connectivity index (χ1) is 6.51. The van der Waals surface area contributed by atoms with Crippen LogP contribution in [-0.2, 0) is 10.1 Å². The van der Waals surface area contributed by atoms with E-state index in [0.717, 1.165) is 6.26 Å². The molecule has 0 N–H and O–H groups in total. The number of rotatable bonds is 4. The highest BCUT2D eigenvalue weighted by Gasteiger charge is 2.03. The Kier molecular flexibility index (Phi) is 3.35. The molecule has 0 aliphatic rings. The van der Waals surface area contributed by atoms with Gasteiger partial charge in [0.1, 0.15) is 11.5 Å². The van der Waals surface area contributed by atoms with Crippen LogP contribution in [0.4, 0.5) is 0 Å². The molecule has 1 rings (SSSR count). The SMILES string of the molecule is [CH2]COc1ccc(OS(C)(=O)=O)cc1. The molecule has 0 fully saturated rings. The minimum atomic E-state index is -3.46. The van der Waals surface area contributed by atoms with Gasteiger partial charge in [-0.05, 0) is 31.2 Å². The van der Waals surface area contributed by atoms with Crippen molar-refractivity contribution in [2.45, 2.75) is 0 Å². The number of hydrogen-bond donors (Lipinski definition) is 0. The van der Waals surface area contributed by atoms with Gasteiger partial charge in [0.25, 0.3) is 0 Å². The van der Waals surface area contributed by atoms with E-state index in [-0.39, 0.29) is 5.75 Å². The number of ether oxygens (including phenoxy) is 1. The fourth-order valence-corrected chi connectivity index (χ4v) is 1.34. The summed E-state index contributed by atoms with van der Waals surface area (Å²) in [5, 5.41) is 0. The molecule has 0 aliphatic carbocycles. The van der Waals surface area contributed by atoms with Gasteiger partial charge >= 0.3 is 10.1 Å². The molecule has 77 valence electrons. The lowest BCUT2D eigenvalue weighted by Gasteiger charge is -2.04. The molecule has 0 amide bonds. The van der Waals surface area contributed by atoms with Crippen molar-refractivity contribution in [2.75, 3.05) is 12.9 Å². The van der Waals surface area contributed by atoms with E-state index >= 15 is 0 Å². The summed E-state index contributed by atoms with van der Waals surface area (Å²) in [6, 6.07) is 6.27. The first-order valence-corrected chi connectivity index (χ1v) is 5.74. The van der Waals surface area contributed by atoms with Gasteiger partial charge in [-0.1, -0.05) is 0 Å². The van der Waals surface area contributed by atoms with Crippen molar-refractivity contribution in [3.05, 3.63) is 31.2 Å². The Balaban J connectivity index is 2.74. The van der Waals surface area contributed by atoms with Gasteiger partial charge in [0.2, 0.25) is 0 Å². The zero-order valence-corrected chi connectivity index (χ0v) is 8.58. The second-order valence-corrected chi connectivity index (χ2v) is 4.18. The standard InChI is InChI=1S/C9H11O4S/c1-3-12-8-4-6-9(7-5-8)13-14(2,10)11/h4-7H,1,3H2,2H3. The Morgan fingerprint density at radius 1 is 1.21 bits per heavy atom. The third-order valence-electron chi connectivity index (χ3n) is 1.34. The Labute approximate surface area is 83.6 Å². The van der Waals surface area contributed by atoms with Crippen molar-refractivity contribution in [2.24, 2.45) is 0 Å². The molecule has 0 atom stereocenters. The van der Waals surface area contributed by atoms with Crippen LogP contribution >= 0.6 is 0 Å². The van der Waals surface area contributed by atoms with E-state index in [0.29, 0.717) is 12.4 Å². The monoisotopic (exact) mass is 215 g/mol. The van der Waals surface area contributed by atoms with Crippen LogP contribution in [0.2, 0.25) is 0 Å². The van der Waals surface area contributed by atoms with Gasteiger partial charge in [-0.15, -0.1) is 0 Å². The second kappa shape index (κ2) is 4.32. The predicted octanol–water partition coefficient (Wildman–Crippen LogP) is 1.24. The summed E-state index contributed by atoms with van der Waals surface area (Å²) < 4.78 is 31.2. The Morgan fingerprint density at radius 3 is 2.14 bits per heavy atom. The van der Waals surface area contributed by atoms with Crippen LogP contribution in [0.1, 0.15) is 0 Å². The maximum Gasteiger partial charge on any atom is 0.306 e. The molecule has 5 heteroatoms. The van der Waals surface area contributed by atoms with Crippen molar-refractivity contribution in [1.29, 1.82) is 0 Å². The summed E-state index contributed by atoms with van der Waals surface area (Å²) >= 11 is 0. The Hall–Kier alpha value is -1.23. The van der Waals surface area contributed by atoms with Crippen LogP contribution in [0.25, 0.3) is 0 Å². The minimum absolute atomic E-state index is 0.268. The van der Waals surface area contributed by atoms with Gasteiger partial charge in [0.05, 0.1) is 12.9 Å². The van der Waals surface area contributed by atoms with E-state index in [9.17, 15) is 8.42 Å². The van der Waals surface area contributed by atoms with Crippen molar-refractivity contribution in [1.82, 2.24) is 0 Å². The summed E-state index contributed by atoms with van der Waals surface area (Å²) in [6.45, 7) is 3.84. The van der Waals surface area contributed by atoms with Crippen LogP contribution < -0.4 is 8.92 Å². The van der Waals surface area contributed by atoms with Crippen molar-refractivity contribution < 1.29 is 17.3 Å². The number of hydrogen-bond acceptors (Lipinski definition) is 4. The lowest BCUT2D eigenvalue weighted by Crippen LogP contribution is -2.05. The lowest BCUT2D eigenvalue weighted by atomic mass is 10.3. The summed E-state index contributed by atoms with van der Waals surface area (Å²) in [7, 11) is -3.46. The molecule has 0 saturated carbocycles. The summed E-state index contributed by atoms with van der Waals surface area (Å²) in [5.41, 5.74) is 0. The van der Waals surface area contributed by atoms with Crippen LogP contribution in [0.15, 0.2) is 24.3 Å². The molecule has 0 aliphatic heterocycles. The molecule has 0 unspecified atom stereocenters. The zero-order valence-electron chi connectivity index (χ0n) is 7.76. The normalized spacial score (nSPS) is 11.0. The molecule has 1 radical (unpaired) electrons. The topological polar surface area (TPSA) is 52.6 Å². The van der Waals surface area contributed by atoms with E-state index in [1.165, 1.54) is 12.1 Å². The quantitative estimate of drug-likeness (QED) is 0.709. The first-order valence-electron chi connectivity index (χ1n) is 3.93. The van der Waals surface area contributed by atoms with Crippen molar-refractivity contribution in [3.8, 4) is 11.5 Å². The van der Waals surface area contributed by atoms with Crippen LogP contribution in [0.3, 0.4) is 0 Å². The highest BCUT2D eigenvalue weighted by Crippen LogP contribution is 2.18. The van der Waals surface area contributed by atoms with Gasteiger partial charge in [0.15, 0.2) is 0 Å². The van der Waals surface area contributed by atoms with Crippen LogP contribution in [-0.4, -0.2) is 21.3 Å². The molecular weight excluding hydrogens is 204 g/mol. The predicted molar refractivity (Wildman–Crippen MR) is 52.8 cm³/mol. The van der Waals surface area contributed by atoms with E-state index < -0.39 is 10.1 Å². The number of benzene rings is 1. The molecule has 0 bridgehead atoms. The molecule has 14 heavy (non-hydrogen) atoms. The largest absolute Gasteiger partial charge is 0.494 e. The molecule has 4 nitrogen and oxygen atoms in total. The lowest BCUT2D eigenvalue weighted by molar-refractivity contribution is 0.360. The average molecular weight is 215 g/mol. The molecule has 0 spiro atoms. The first kappa shape index (κ1) is 10.8. The molecule has 0 saturated heterocycles. The van der Waals surface area contributed by atoms with Crippen molar-refractivity contribution in [3.63, 3.8) is 0 Å². The maximum atomic E-state index is 10.7. The maximum absolute atomic E-state index is 10.7. The molecule has 0 heterocycles. The van der Waals surface area contributed by atoms with E-state index in [1.54, 1.807) is 12.1 Å². The molecule has 0 aromatic heterocycles. The van der Waals surface area contributed by atoms with E-state index in [1.807, 2.05) is 0 Å². The Morgan fingerprint density at radius 2 is 1.71 bits per heavy atom.